The van der Waals surface area contributed by atoms with Gasteiger partial charge in [-0.05, 0) is 46.7 Å². The minimum Gasteiger partial charge on any atom is -0.407 e. The Bertz CT molecular complexity index is 989. The Kier molecular flexibility index (Phi) is 6.41. The van der Waals surface area contributed by atoms with Crippen molar-refractivity contribution in [3.8, 4) is 0 Å². The van der Waals surface area contributed by atoms with Crippen LogP contribution in [0, 0.1) is 21.7 Å². The highest BCUT2D eigenvalue weighted by Gasteiger charge is 2.13. The maximum atomic E-state index is 13.3. The predicted molar refractivity (Wildman–Crippen MR) is 104 cm³/mol. The summed E-state index contributed by atoms with van der Waals surface area (Å²) in [5.74, 6) is -0.690. The summed E-state index contributed by atoms with van der Waals surface area (Å²) in [6.45, 7) is 0.0670. The Hall–Kier alpha value is -3.16. The van der Waals surface area contributed by atoms with Crippen molar-refractivity contribution in [3.63, 3.8) is 0 Å². The molecule has 0 heterocycles. The number of hydrogen-bond acceptors (Lipinski definition) is 3. The zero-order valence-electron chi connectivity index (χ0n) is 14.6. The molecule has 0 N–H and O–H groups in total. The van der Waals surface area contributed by atoms with E-state index in [1.54, 1.807) is 42.5 Å². The number of nitro groups is 1. The molecule has 3 rings (SSSR count). The van der Waals surface area contributed by atoms with Crippen LogP contribution in [0.5, 0.6) is 0 Å². The lowest BCUT2D eigenvalue weighted by Crippen LogP contribution is -2.05. The third-order valence-electron chi connectivity index (χ3n) is 3.93. The predicted octanol–water partition coefficient (Wildman–Crippen LogP) is 5.21. The highest BCUT2D eigenvalue weighted by molar-refractivity contribution is 6.57. The van der Waals surface area contributed by atoms with Crippen LogP contribution in [0.4, 0.5) is 14.5 Å². The maximum absolute atomic E-state index is 13.3. The van der Waals surface area contributed by atoms with E-state index in [-0.39, 0.29) is 33.7 Å². The largest absolute Gasteiger partial charge is 0.407 e. The van der Waals surface area contributed by atoms with Crippen LogP contribution in [0.25, 0.3) is 11.3 Å². The Labute approximate surface area is 163 Å². The smallest absolute Gasteiger partial charge is 0.274 e. The Morgan fingerprint density at radius 3 is 2.21 bits per heavy atom. The summed E-state index contributed by atoms with van der Waals surface area (Å²) in [7, 11) is -0.142. The lowest BCUT2D eigenvalue weighted by molar-refractivity contribution is -0.385. The van der Waals surface area contributed by atoms with Gasteiger partial charge in [-0.1, -0.05) is 42.5 Å². The monoisotopic (exact) mass is 395 g/mol. The average molecular weight is 395 g/mol. The molecule has 0 amide bonds. The Morgan fingerprint density at radius 2 is 1.57 bits per heavy atom. The fourth-order valence-electron chi connectivity index (χ4n) is 2.53. The van der Waals surface area contributed by atoms with E-state index in [2.05, 4.69) is 0 Å². The van der Waals surface area contributed by atoms with E-state index in [0.717, 1.165) is 16.3 Å². The van der Waals surface area contributed by atoms with Gasteiger partial charge in [0.05, 0.1) is 17.1 Å². The van der Waals surface area contributed by atoms with Crippen LogP contribution in [0.15, 0.2) is 72.8 Å². The average Bonchev–Trinajstić information content (AvgIpc) is 2.70. The lowest BCUT2D eigenvalue weighted by Gasteiger charge is -2.09. The molecule has 0 bridgehead atoms. The zero-order valence-corrected chi connectivity index (χ0v) is 15.6. The SMILES string of the molecule is O=[N+]([O-])c1ccccc1CO[Si]C(=Cc1ccc(F)cc1)c1ccc(F)cc1. The first-order valence-corrected chi connectivity index (χ1v) is 9.27. The standard InChI is InChI=1S/C21H15F2NO3Si/c22-18-9-5-15(6-10-18)13-21(16-7-11-19(23)12-8-16)28-27-14-17-3-1-2-4-20(17)24(25)26/h1-13H,14H2. The fraction of sp³-hybridized carbons (Fsp3) is 0.0476. The second-order valence-electron chi connectivity index (χ2n) is 5.89. The van der Waals surface area contributed by atoms with Gasteiger partial charge in [-0.3, -0.25) is 10.1 Å². The van der Waals surface area contributed by atoms with E-state index in [1.165, 1.54) is 30.3 Å². The molecule has 4 nitrogen and oxygen atoms in total. The molecule has 7 heteroatoms. The molecule has 0 aromatic heterocycles. The third-order valence-corrected chi connectivity index (χ3v) is 4.88. The fourth-order valence-corrected chi connectivity index (χ4v) is 3.42. The van der Waals surface area contributed by atoms with Gasteiger partial charge < -0.3 is 4.43 Å². The first kappa shape index (κ1) is 19.6. The quantitative estimate of drug-likeness (QED) is 0.239. The first-order chi connectivity index (χ1) is 13.5. The van der Waals surface area contributed by atoms with Gasteiger partial charge in [0.15, 0.2) is 0 Å². The van der Waals surface area contributed by atoms with Gasteiger partial charge in [0, 0.05) is 6.07 Å². The van der Waals surface area contributed by atoms with Crippen LogP contribution in [0.1, 0.15) is 16.7 Å². The number of rotatable bonds is 7. The normalized spacial score (nSPS) is 11.4. The van der Waals surface area contributed by atoms with Crippen molar-refractivity contribution < 1.29 is 18.1 Å². The molecule has 0 fully saturated rings. The van der Waals surface area contributed by atoms with Gasteiger partial charge in [0.25, 0.3) is 15.5 Å². The van der Waals surface area contributed by atoms with Gasteiger partial charge in [0.2, 0.25) is 0 Å². The van der Waals surface area contributed by atoms with Crippen molar-refractivity contribution >= 4 is 26.7 Å². The summed E-state index contributed by atoms with van der Waals surface area (Å²) in [5.41, 5.74) is 1.99. The van der Waals surface area contributed by atoms with Crippen molar-refractivity contribution in [3.05, 3.63) is 111 Å². The summed E-state index contributed by atoms with van der Waals surface area (Å²) in [6, 6.07) is 18.3. The van der Waals surface area contributed by atoms with Gasteiger partial charge in [0.1, 0.15) is 11.6 Å². The van der Waals surface area contributed by atoms with E-state index in [0.29, 0.717) is 5.56 Å². The molecule has 0 saturated heterocycles. The first-order valence-electron chi connectivity index (χ1n) is 8.36. The van der Waals surface area contributed by atoms with Crippen molar-refractivity contribution in [2.24, 2.45) is 0 Å². The van der Waals surface area contributed by atoms with E-state index >= 15 is 0 Å². The van der Waals surface area contributed by atoms with Gasteiger partial charge in [-0.2, -0.15) is 0 Å². The number of nitrogens with zero attached hydrogens (tertiary/aromatic N) is 1. The summed E-state index contributed by atoms with van der Waals surface area (Å²) in [4.78, 5) is 10.7. The van der Waals surface area contributed by atoms with Crippen LogP contribution in [0.3, 0.4) is 0 Å². The van der Waals surface area contributed by atoms with Crippen molar-refractivity contribution in [1.82, 2.24) is 0 Å². The highest BCUT2D eigenvalue weighted by Crippen LogP contribution is 2.21. The topological polar surface area (TPSA) is 52.4 Å². The molecular weight excluding hydrogens is 380 g/mol. The molecule has 2 radical (unpaired) electrons. The molecule has 0 spiro atoms. The van der Waals surface area contributed by atoms with Crippen LogP contribution < -0.4 is 0 Å². The second kappa shape index (κ2) is 9.16. The molecule has 140 valence electrons. The summed E-state index contributed by atoms with van der Waals surface area (Å²) < 4.78 is 32.1. The molecule has 28 heavy (non-hydrogen) atoms. The number of hydrogen-bond donors (Lipinski definition) is 0. The van der Waals surface area contributed by atoms with Gasteiger partial charge >= 0.3 is 0 Å². The molecule has 0 aliphatic heterocycles. The highest BCUT2D eigenvalue weighted by atomic mass is 28.2. The van der Waals surface area contributed by atoms with Gasteiger partial charge in [-0.25, -0.2) is 8.78 Å². The van der Waals surface area contributed by atoms with Crippen LogP contribution in [-0.4, -0.2) is 14.7 Å². The third kappa shape index (κ3) is 5.18. The molecule has 0 saturated carbocycles. The van der Waals surface area contributed by atoms with E-state index < -0.39 is 4.92 Å². The van der Waals surface area contributed by atoms with Crippen molar-refractivity contribution in [1.29, 1.82) is 0 Å². The van der Waals surface area contributed by atoms with Crippen molar-refractivity contribution in [2.75, 3.05) is 0 Å². The Morgan fingerprint density at radius 1 is 0.964 bits per heavy atom. The number of para-hydroxylation sites is 1. The lowest BCUT2D eigenvalue weighted by atomic mass is 10.1. The summed E-state index contributed by atoms with van der Waals surface area (Å²) in [6.07, 6.45) is 1.82. The van der Waals surface area contributed by atoms with Gasteiger partial charge in [-0.15, -0.1) is 0 Å². The van der Waals surface area contributed by atoms with Crippen LogP contribution in [-0.2, 0) is 11.0 Å². The van der Waals surface area contributed by atoms with E-state index in [4.69, 9.17) is 4.43 Å². The van der Waals surface area contributed by atoms with E-state index in [1.807, 2.05) is 6.08 Å². The van der Waals surface area contributed by atoms with Crippen LogP contribution >= 0.6 is 0 Å². The number of nitro benzene ring substituents is 1. The van der Waals surface area contributed by atoms with Crippen molar-refractivity contribution in [2.45, 2.75) is 6.61 Å². The molecule has 0 aliphatic rings. The zero-order chi connectivity index (χ0) is 19.9. The minimum absolute atomic E-state index is 0.00172. The van der Waals surface area contributed by atoms with Crippen LogP contribution in [0.2, 0.25) is 0 Å². The molecule has 3 aromatic rings. The summed E-state index contributed by atoms with van der Waals surface area (Å²) in [5, 5.41) is 11.9. The molecular formula is C21H15F2NO3Si. The number of halogens is 2. The summed E-state index contributed by atoms with van der Waals surface area (Å²) >= 11 is 0. The minimum atomic E-state index is -0.447. The Balaban J connectivity index is 1.81. The maximum Gasteiger partial charge on any atom is 0.274 e. The molecule has 0 atom stereocenters. The number of benzene rings is 3. The second-order valence-corrected chi connectivity index (χ2v) is 6.92. The molecule has 3 aromatic carbocycles. The molecule has 0 aliphatic carbocycles. The van der Waals surface area contributed by atoms with E-state index in [9.17, 15) is 18.9 Å². The molecule has 0 unspecified atom stereocenters.